The van der Waals surface area contributed by atoms with Crippen molar-refractivity contribution in [3.63, 3.8) is 0 Å². The van der Waals surface area contributed by atoms with Crippen LogP contribution in [-0.2, 0) is 22.6 Å². The number of guanidine groups is 1. The van der Waals surface area contributed by atoms with Crippen LogP contribution in [0.25, 0.3) is 0 Å². The molecular formula is C22H31N3O4. The molecule has 0 aliphatic rings. The SMILES string of the molecule is COc1ccc(CN=C(N)NCCCOCCOCc2ccccc2)cc1OC. The van der Waals surface area contributed by atoms with Crippen LogP contribution in [0.2, 0.25) is 0 Å². The standard InChI is InChI=1S/C22H31N3O4/c1-26-20-10-9-19(15-21(20)27-2)16-25-22(23)24-11-6-12-28-13-14-29-17-18-7-4-3-5-8-18/h3-5,7-10,15H,6,11-14,16-17H2,1-2H3,(H3,23,24,25). The van der Waals surface area contributed by atoms with Gasteiger partial charge < -0.3 is 30.0 Å². The molecule has 2 aromatic rings. The van der Waals surface area contributed by atoms with Crippen molar-refractivity contribution < 1.29 is 18.9 Å². The second-order valence-electron chi connectivity index (χ2n) is 6.32. The van der Waals surface area contributed by atoms with Gasteiger partial charge in [-0.15, -0.1) is 0 Å². The predicted molar refractivity (Wildman–Crippen MR) is 114 cm³/mol. The van der Waals surface area contributed by atoms with Crippen LogP contribution in [0.5, 0.6) is 11.5 Å². The second-order valence-corrected chi connectivity index (χ2v) is 6.32. The van der Waals surface area contributed by atoms with Gasteiger partial charge in [-0.1, -0.05) is 36.4 Å². The highest BCUT2D eigenvalue weighted by Crippen LogP contribution is 2.27. The van der Waals surface area contributed by atoms with Crippen molar-refractivity contribution in [3.8, 4) is 11.5 Å². The van der Waals surface area contributed by atoms with Crippen molar-refractivity contribution in [3.05, 3.63) is 59.7 Å². The number of ether oxygens (including phenoxy) is 4. The third kappa shape index (κ3) is 8.85. The molecule has 7 nitrogen and oxygen atoms in total. The van der Waals surface area contributed by atoms with Gasteiger partial charge in [0.25, 0.3) is 0 Å². The Balaban J connectivity index is 1.52. The van der Waals surface area contributed by atoms with Gasteiger partial charge in [-0.05, 0) is 29.7 Å². The lowest BCUT2D eigenvalue weighted by Gasteiger charge is -2.09. The second kappa shape index (κ2) is 13.4. The molecule has 158 valence electrons. The fourth-order valence-corrected chi connectivity index (χ4v) is 2.59. The molecule has 0 saturated carbocycles. The summed E-state index contributed by atoms with van der Waals surface area (Å²) in [6, 6.07) is 15.8. The first-order valence-electron chi connectivity index (χ1n) is 9.67. The average molecular weight is 402 g/mol. The Morgan fingerprint density at radius 1 is 0.897 bits per heavy atom. The van der Waals surface area contributed by atoms with Crippen molar-refractivity contribution in [1.29, 1.82) is 0 Å². The maximum atomic E-state index is 5.91. The van der Waals surface area contributed by atoms with Crippen molar-refractivity contribution in [1.82, 2.24) is 5.32 Å². The Bertz CT molecular complexity index is 738. The van der Waals surface area contributed by atoms with E-state index in [1.165, 1.54) is 5.56 Å². The first kappa shape index (κ1) is 22.5. The molecule has 0 radical (unpaired) electrons. The zero-order chi connectivity index (χ0) is 20.7. The maximum Gasteiger partial charge on any atom is 0.188 e. The normalized spacial score (nSPS) is 11.3. The van der Waals surface area contributed by atoms with E-state index >= 15 is 0 Å². The van der Waals surface area contributed by atoms with E-state index in [1.54, 1.807) is 14.2 Å². The van der Waals surface area contributed by atoms with Gasteiger partial charge in [-0.3, -0.25) is 0 Å². The quantitative estimate of drug-likeness (QED) is 0.305. The number of methoxy groups -OCH3 is 2. The van der Waals surface area contributed by atoms with Gasteiger partial charge >= 0.3 is 0 Å². The van der Waals surface area contributed by atoms with Crippen LogP contribution in [0.15, 0.2) is 53.5 Å². The molecule has 0 fully saturated rings. The number of rotatable bonds is 13. The number of nitrogens with zero attached hydrogens (tertiary/aromatic N) is 1. The van der Waals surface area contributed by atoms with Crippen molar-refractivity contribution in [2.75, 3.05) is 40.6 Å². The summed E-state index contributed by atoms with van der Waals surface area (Å²) in [5.41, 5.74) is 8.06. The van der Waals surface area contributed by atoms with Gasteiger partial charge in [0.1, 0.15) is 0 Å². The average Bonchev–Trinajstić information content (AvgIpc) is 2.77. The summed E-state index contributed by atoms with van der Waals surface area (Å²) in [4.78, 5) is 4.34. The van der Waals surface area contributed by atoms with E-state index in [9.17, 15) is 0 Å². The molecule has 2 rings (SSSR count). The fraction of sp³-hybridized carbons (Fsp3) is 0.409. The smallest absolute Gasteiger partial charge is 0.188 e. The monoisotopic (exact) mass is 401 g/mol. The van der Waals surface area contributed by atoms with Crippen LogP contribution < -0.4 is 20.5 Å². The van der Waals surface area contributed by atoms with Gasteiger partial charge in [-0.25, -0.2) is 4.99 Å². The highest BCUT2D eigenvalue weighted by Gasteiger charge is 2.04. The van der Waals surface area contributed by atoms with Crippen LogP contribution in [-0.4, -0.2) is 46.5 Å². The molecule has 2 aromatic carbocycles. The molecule has 0 aromatic heterocycles. The van der Waals surface area contributed by atoms with Gasteiger partial charge in [0.15, 0.2) is 17.5 Å². The minimum atomic E-state index is 0.408. The molecule has 0 bridgehead atoms. The summed E-state index contributed by atoms with van der Waals surface area (Å²) in [5, 5.41) is 3.09. The van der Waals surface area contributed by atoms with Crippen LogP contribution in [0.1, 0.15) is 17.5 Å². The van der Waals surface area contributed by atoms with Crippen molar-refractivity contribution in [2.45, 2.75) is 19.6 Å². The predicted octanol–water partition coefficient (Wildman–Crippen LogP) is 2.73. The number of hydrogen-bond acceptors (Lipinski definition) is 5. The van der Waals surface area contributed by atoms with E-state index in [-0.39, 0.29) is 0 Å². The Labute approximate surface area is 172 Å². The van der Waals surface area contributed by atoms with Crippen LogP contribution in [0.3, 0.4) is 0 Å². The lowest BCUT2D eigenvalue weighted by atomic mass is 10.2. The highest BCUT2D eigenvalue weighted by molar-refractivity contribution is 5.77. The van der Waals surface area contributed by atoms with Crippen LogP contribution >= 0.6 is 0 Å². The fourth-order valence-electron chi connectivity index (χ4n) is 2.59. The molecule has 0 unspecified atom stereocenters. The molecule has 0 aliphatic heterocycles. The summed E-state index contributed by atoms with van der Waals surface area (Å²) in [5.74, 6) is 1.78. The molecular weight excluding hydrogens is 370 g/mol. The number of aliphatic imine (C=N–C) groups is 1. The van der Waals surface area contributed by atoms with Gasteiger partial charge in [0, 0.05) is 13.2 Å². The molecule has 0 saturated heterocycles. The summed E-state index contributed by atoms with van der Waals surface area (Å²) in [6.07, 6.45) is 0.839. The van der Waals surface area contributed by atoms with E-state index in [2.05, 4.69) is 10.3 Å². The zero-order valence-electron chi connectivity index (χ0n) is 17.2. The van der Waals surface area contributed by atoms with Crippen LogP contribution in [0, 0.1) is 0 Å². The lowest BCUT2D eigenvalue weighted by Crippen LogP contribution is -2.32. The Morgan fingerprint density at radius 2 is 1.66 bits per heavy atom. The molecule has 7 heteroatoms. The number of nitrogens with one attached hydrogen (secondary N) is 1. The summed E-state index contributed by atoms with van der Waals surface area (Å²) in [6.45, 7) is 3.58. The summed E-state index contributed by atoms with van der Waals surface area (Å²) in [7, 11) is 3.22. The number of hydrogen-bond donors (Lipinski definition) is 2. The Hall–Kier alpha value is -2.77. The van der Waals surface area contributed by atoms with E-state index in [1.807, 2.05) is 48.5 Å². The minimum Gasteiger partial charge on any atom is -0.493 e. The van der Waals surface area contributed by atoms with Gasteiger partial charge in [-0.2, -0.15) is 0 Å². The van der Waals surface area contributed by atoms with E-state index in [4.69, 9.17) is 24.7 Å². The largest absolute Gasteiger partial charge is 0.493 e. The molecule has 0 heterocycles. The molecule has 3 N–H and O–H groups in total. The summed E-state index contributed by atoms with van der Waals surface area (Å²) >= 11 is 0. The third-order valence-electron chi connectivity index (χ3n) is 4.14. The Morgan fingerprint density at radius 3 is 2.41 bits per heavy atom. The molecule has 0 atom stereocenters. The number of benzene rings is 2. The molecule has 0 aliphatic carbocycles. The maximum absolute atomic E-state index is 5.91. The van der Waals surface area contributed by atoms with Crippen molar-refractivity contribution in [2.24, 2.45) is 10.7 Å². The van der Waals surface area contributed by atoms with Crippen LogP contribution in [0.4, 0.5) is 0 Å². The van der Waals surface area contributed by atoms with E-state index in [0.29, 0.717) is 57.0 Å². The van der Waals surface area contributed by atoms with Crippen molar-refractivity contribution >= 4 is 5.96 Å². The zero-order valence-corrected chi connectivity index (χ0v) is 17.2. The van der Waals surface area contributed by atoms with E-state index in [0.717, 1.165) is 12.0 Å². The molecule has 0 amide bonds. The van der Waals surface area contributed by atoms with Gasteiger partial charge in [0.2, 0.25) is 0 Å². The Kier molecular flexibility index (Phi) is 10.4. The topological polar surface area (TPSA) is 87.3 Å². The minimum absolute atomic E-state index is 0.408. The molecule has 0 spiro atoms. The first-order chi connectivity index (χ1) is 14.2. The van der Waals surface area contributed by atoms with Gasteiger partial charge in [0.05, 0.1) is 40.6 Å². The number of nitrogens with two attached hydrogens (primary N) is 1. The van der Waals surface area contributed by atoms with E-state index < -0.39 is 0 Å². The summed E-state index contributed by atoms with van der Waals surface area (Å²) < 4.78 is 21.6. The first-order valence-corrected chi connectivity index (χ1v) is 9.67. The molecule has 29 heavy (non-hydrogen) atoms. The third-order valence-corrected chi connectivity index (χ3v) is 4.14. The lowest BCUT2D eigenvalue weighted by molar-refractivity contribution is 0.0401. The highest BCUT2D eigenvalue weighted by atomic mass is 16.5.